The van der Waals surface area contributed by atoms with Crippen molar-refractivity contribution in [1.29, 1.82) is 0 Å². The molecule has 1 amide bonds. The van der Waals surface area contributed by atoms with Gasteiger partial charge in [0, 0.05) is 23.5 Å². The molecule has 0 saturated carbocycles. The molecule has 38 heavy (non-hydrogen) atoms. The van der Waals surface area contributed by atoms with Gasteiger partial charge in [0.15, 0.2) is 11.8 Å². The molecule has 0 aliphatic carbocycles. The Hall–Kier alpha value is -4.67. The van der Waals surface area contributed by atoms with Crippen LogP contribution in [-0.2, 0) is 29.0 Å². The van der Waals surface area contributed by atoms with E-state index in [1.165, 1.54) is 18.2 Å². The van der Waals surface area contributed by atoms with E-state index in [9.17, 15) is 29.8 Å². The van der Waals surface area contributed by atoms with Crippen LogP contribution in [-0.4, -0.2) is 55.4 Å². The molecule has 10 nitrogen and oxygen atoms in total. The van der Waals surface area contributed by atoms with Gasteiger partial charge >= 0.3 is 12.1 Å². The zero-order valence-electron chi connectivity index (χ0n) is 20.3. The van der Waals surface area contributed by atoms with Gasteiger partial charge in [0.25, 0.3) is 0 Å². The van der Waals surface area contributed by atoms with Gasteiger partial charge < -0.3 is 25.7 Å². The Balaban J connectivity index is 1.46. The SMILES string of the molecule is N[C@@H](Cc1c[nH]c2ccccc12)C(=O)c1cc(C[C@@H](C(=O)O)N(O)C(=O)OCc2ccccc2)ccc1O. The fourth-order valence-corrected chi connectivity index (χ4v) is 4.15. The van der Waals surface area contributed by atoms with Crippen LogP contribution in [0.3, 0.4) is 0 Å². The minimum atomic E-state index is -1.70. The third kappa shape index (κ3) is 6.00. The first kappa shape index (κ1) is 26.4. The maximum Gasteiger partial charge on any atom is 0.434 e. The number of amides is 1. The molecule has 0 spiro atoms. The Bertz CT molecular complexity index is 1450. The number of carboxylic acids is 1. The average molecular weight is 518 g/mol. The second kappa shape index (κ2) is 11.6. The lowest BCUT2D eigenvalue weighted by atomic mass is 9.95. The Morgan fingerprint density at radius 2 is 1.66 bits per heavy atom. The monoisotopic (exact) mass is 517 g/mol. The van der Waals surface area contributed by atoms with Gasteiger partial charge in [-0.25, -0.2) is 9.59 Å². The standard InChI is InChI=1S/C28H27N3O7/c29-22(14-19-15-30-23-9-5-4-8-20(19)23)26(33)21-12-18(10-11-25(21)32)13-24(27(34)35)31(37)28(36)38-16-17-6-2-1-3-7-17/h1-12,15,22,24,30,32,37H,13-14,16,29H2,(H,34,35)/t22-,24-/m0/s1. The van der Waals surface area contributed by atoms with Gasteiger partial charge in [-0.2, -0.15) is 5.06 Å². The van der Waals surface area contributed by atoms with Crippen molar-refractivity contribution in [3.63, 3.8) is 0 Å². The number of Topliss-reactive ketones (excluding diaryl/α,β-unsaturated/α-hetero) is 1. The molecule has 4 aromatic rings. The number of fused-ring (bicyclic) bond motifs is 1. The molecule has 6 N–H and O–H groups in total. The number of carbonyl (C=O) groups excluding carboxylic acids is 2. The number of aromatic hydroxyl groups is 1. The lowest BCUT2D eigenvalue weighted by Gasteiger charge is -2.22. The van der Waals surface area contributed by atoms with Crippen molar-refractivity contribution >= 4 is 28.7 Å². The number of benzene rings is 3. The van der Waals surface area contributed by atoms with E-state index in [-0.39, 0.29) is 41.4 Å². The number of rotatable bonds is 10. The molecular weight excluding hydrogens is 490 g/mol. The van der Waals surface area contributed by atoms with Crippen LogP contribution in [0.25, 0.3) is 10.9 Å². The van der Waals surface area contributed by atoms with Crippen LogP contribution in [0.15, 0.2) is 79.0 Å². The van der Waals surface area contributed by atoms with Crippen LogP contribution in [0.4, 0.5) is 4.79 Å². The number of hydroxylamine groups is 2. The fourth-order valence-electron chi connectivity index (χ4n) is 4.15. The van der Waals surface area contributed by atoms with Crippen molar-refractivity contribution in [3.05, 3.63) is 101 Å². The Kier molecular flexibility index (Phi) is 8.05. The van der Waals surface area contributed by atoms with Gasteiger partial charge in [0.1, 0.15) is 12.4 Å². The summed E-state index contributed by atoms with van der Waals surface area (Å²) in [5.74, 6) is -2.34. The summed E-state index contributed by atoms with van der Waals surface area (Å²) in [5, 5.41) is 31.2. The first-order valence-electron chi connectivity index (χ1n) is 11.8. The van der Waals surface area contributed by atoms with E-state index in [1.807, 2.05) is 24.3 Å². The molecule has 0 bridgehead atoms. The van der Waals surface area contributed by atoms with Crippen LogP contribution in [0.2, 0.25) is 0 Å². The van der Waals surface area contributed by atoms with Crippen molar-refractivity contribution in [2.45, 2.75) is 31.5 Å². The molecule has 1 heterocycles. The van der Waals surface area contributed by atoms with Crippen molar-refractivity contribution in [2.75, 3.05) is 0 Å². The van der Waals surface area contributed by atoms with Gasteiger partial charge in [-0.1, -0.05) is 54.6 Å². The Morgan fingerprint density at radius 3 is 2.39 bits per heavy atom. The first-order valence-corrected chi connectivity index (χ1v) is 11.8. The maximum atomic E-state index is 13.1. The topological polar surface area (TPSA) is 166 Å². The summed E-state index contributed by atoms with van der Waals surface area (Å²) < 4.78 is 5.01. The summed E-state index contributed by atoms with van der Waals surface area (Å²) in [6, 6.07) is 17.6. The highest BCUT2D eigenvalue weighted by molar-refractivity contribution is 6.02. The highest BCUT2D eigenvalue weighted by Gasteiger charge is 2.31. The molecule has 0 aliphatic rings. The molecule has 0 fully saturated rings. The lowest BCUT2D eigenvalue weighted by Crippen LogP contribution is -2.44. The Morgan fingerprint density at radius 1 is 0.947 bits per heavy atom. The second-order valence-electron chi connectivity index (χ2n) is 8.83. The number of hydrogen-bond acceptors (Lipinski definition) is 7. The first-order chi connectivity index (χ1) is 18.2. The van der Waals surface area contributed by atoms with Crippen molar-refractivity contribution in [2.24, 2.45) is 5.73 Å². The van der Waals surface area contributed by atoms with Crippen molar-refractivity contribution < 1.29 is 34.5 Å². The molecule has 3 aromatic carbocycles. The number of hydrogen-bond donors (Lipinski definition) is 5. The normalized spacial score (nSPS) is 12.6. The van der Waals surface area contributed by atoms with Crippen LogP contribution >= 0.6 is 0 Å². The summed E-state index contributed by atoms with van der Waals surface area (Å²) in [6.07, 6.45) is 0.391. The number of aromatic nitrogens is 1. The van der Waals surface area contributed by atoms with Crippen LogP contribution in [0, 0.1) is 0 Å². The molecule has 0 unspecified atom stereocenters. The number of aromatic amines is 1. The predicted octanol–water partition coefficient (Wildman–Crippen LogP) is 3.65. The molecule has 10 heteroatoms. The van der Waals surface area contributed by atoms with Crippen molar-refractivity contribution in [1.82, 2.24) is 10.0 Å². The summed E-state index contributed by atoms with van der Waals surface area (Å²) in [5.41, 5.74) is 8.79. The van der Waals surface area contributed by atoms with E-state index in [1.54, 1.807) is 36.5 Å². The number of carboxylic acid groups (broad SMARTS) is 1. The molecule has 1 aromatic heterocycles. The minimum Gasteiger partial charge on any atom is -0.507 e. The third-order valence-corrected chi connectivity index (χ3v) is 6.18. The zero-order valence-corrected chi connectivity index (χ0v) is 20.3. The third-order valence-electron chi connectivity index (χ3n) is 6.18. The number of ether oxygens (including phenoxy) is 1. The zero-order chi connectivity index (χ0) is 27.2. The summed E-state index contributed by atoms with van der Waals surface area (Å²) >= 11 is 0. The number of aliphatic carboxylic acids is 1. The molecule has 0 aliphatic heterocycles. The largest absolute Gasteiger partial charge is 0.507 e. The van der Waals surface area contributed by atoms with E-state index in [2.05, 4.69) is 4.98 Å². The number of nitrogens with zero attached hydrogens (tertiary/aromatic N) is 1. The number of carbonyl (C=O) groups is 3. The average Bonchev–Trinajstić information content (AvgIpc) is 3.33. The van der Waals surface area contributed by atoms with Crippen molar-refractivity contribution in [3.8, 4) is 5.75 Å². The van der Waals surface area contributed by atoms with Gasteiger partial charge in [0.2, 0.25) is 0 Å². The lowest BCUT2D eigenvalue weighted by molar-refractivity contribution is -0.161. The number of nitrogens with one attached hydrogen (secondary N) is 1. The van der Waals surface area contributed by atoms with Gasteiger partial charge in [-0.05, 0) is 41.3 Å². The van der Waals surface area contributed by atoms with E-state index < -0.39 is 29.9 Å². The number of phenols is 1. The number of ketones is 1. The molecule has 4 rings (SSSR count). The highest BCUT2D eigenvalue weighted by Crippen LogP contribution is 2.24. The summed E-state index contributed by atoms with van der Waals surface area (Å²) in [4.78, 5) is 40.4. The molecular formula is C28H27N3O7. The highest BCUT2D eigenvalue weighted by atomic mass is 16.6. The molecule has 0 radical (unpaired) electrons. The summed E-state index contributed by atoms with van der Waals surface area (Å²) in [7, 11) is 0. The maximum absolute atomic E-state index is 13.1. The van der Waals surface area contributed by atoms with E-state index in [4.69, 9.17) is 10.5 Å². The van der Waals surface area contributed by atoms with E-state index >= 15 is 0 Å². The summed E-state index contributed by atoms with van der Waals surface area (Å²) in [6.45, 7) is -0.157. The number of para-hydroxylation sites is 1. The number of phenolic OH excluding ortho intramolecular Hbond substituents is 1. The number of nitrogens with two attached hydrogens (primary N) is 1. The van der Waals surface area contributed by atoms with Gasteiger partial charge in [0.05, 0.1) is 11.6 Å². The van der Waals surface area contributed by atoms with Crippen LogP contribution in [0.1, 0.15) is 27.0 Å². The number of H-pyrrole nitrogens is 1. The fraction of sp³-hybridized carbons (Fsp3) is 0.179. The van der Waals surface area contributed by atoms with Gasteiger partial charge in [-0.15, -0.1) is 0 Å². The molecule has 2 atom stereocenters. The smallest absolute Gasteiger partial charge is 0.434 e. The van der Waals surface area contributed by atoms with E-state index in [0.29, 0.717) is 5.56 Å². The predicted molar refractivity (Wildman–Crippen MR) is 138 cm³/mol. The molecule has 0 saturated heterocycles. The van der Waals surface area contributed by atoms with Crippen LogP contribution < -0.4 is 5.73 Å². The Labute approximate surface area is 217 Å². The molecule has 196 valence electrons. The minimum absolute atomic E-state index is 0.00236. The van der Waals surface area contributed by atoms with Crippen LogP contribution in [0.5, 0.6) is 5.75 Å². The second-order valence-corrected chi connectivity index (χ2v) is 8.83. The van der Waals surface area contributed by atoms with Gasteiger partial charge in [-0.3, -0.25) is 10.0 Å². The quantitative estimate of drug-likeness (QED) is 0.121. The van der Waals surface area contributed by atoms with E-state index in [0.717, 1.165) is 16.5 Å².